The standard InChI is InChI=1S/C28H24N4O2S3/c1-15-5-7-17(3)19(11-15)21-13-35-27(29-21)31-25(33)23-9-10-24(37-23)26(34)32-28-30-22(14-36-28)20-12-16(2)6-8-18(20)4/h5-14H,1-4H3,(H,29,31,33)(H,30,32,34). The number of aryl methyl sites for hydroxylation is 4. The van der Waals surface area contributed by atoms with Gasteiger partial charge in [0.15, 0.2) is 10.3 Å². The Morgan fingerprint density at radius 2 is 1.08 bits per heavy atom. The third-order valence-electron chi connectivity index (χ3n) is 5.84. The first-order chi connectivity index (χ1) is 17.8. The highest BCUT2D eigenvalue weighted by molar-refractivity contribution is 7.17. The monoisotopic (exact) mass is 544 g/mol. The molecular weight excluding hydrogens is 521 g/mol. The summed E-state index contributed by atoms with van der Waals surface area (Å²) in [6.07, 6.45) is 0. The minimum absolute atomic E-state index is 0.294. The molecule has 3 heterocycles. The predicted octanol–water partition coefficient (Wildman–Crippen LogP) is 7.73. The van der Waals surface area contributed by atoms with Crippen molar-refractivity contribution in [1.29, 1.82) is 0 Å². The van der Waals surface area contributed by atoms with E-state index in [2.05, 4.69) is 57.0 Å². The summed E-state index contributed by atoms with van der Waals surface area (Å²) >= 11 is 3.88. The van der Waals surface area contributed by atoms with Crippen molar-refractivity contribution in [2.45, 2.75) is 27.7 Å². The van der Waals surface area contributed by atoms with Crippen molar-refractivity contribution in [3.05, 3.63) is 91.3 Å². The molecule has 0 aliphatic carbocycles. The summed E-state index contributed by atoms with van der Waals surface area (Å²) in [7, 11) is 0. The maximum Gasteiger partial charge on any atom is 0.267 e. The lowest BCUT2D eigenvalue weighted by Gasteiger charge is -2.04. The van der Waals surface area contributed by atoms with Crippen LogP contribution in [0.15, 0.2) is 59.3 Å². The Labute approximate surface area is 227 Å². The zero-order valence-electron chi connectivity index (χ0n) is 20.7. The normalized spacial score (nSPS) is 10.9. The van der Waals surface area contributed by atoms with Gasteiger partial charge in [-0.3, -0.25) is 20.2 Å². The molecule has 6 nitrogen and oxygen atoms in total. The number of amides is 2. The zero-order valence-corrected chi connectivity index (χ0v) is 23.2. The van der Waals surface area contributed by atoms with Crippen molar-refractivity contribution >= 4 is 56.1 Å². The van der Waals surface area contributed by atoms with Crippen molar-refractivity contribution in [3.63, 3.8) is 0 Å². The van der Waals surface area contributed by atoms with Crippen LogP contribution in [0.3, 0.4) is 0 Å². The second kappa shape index (κ2) is 10.4. The Hall–Kier alpha value is -3.66. The minimum atomic E-state index is -0.294. The second-order valence-electron chi connectivity index (χ2n) is 8.78. The van der Waals surface area contributed by atoms with Gasteiger partial charge in [0.25, 0.3) is 11.8 Å². The summed E-state index contributed by atoms with van der Waals surface area (Å²) in [4.78, 5) is 35.7. The maximum absolute atomic E-state index is 12.8. The number of benzene rings is 2. The van der Waals surface area contributed by atoms with E-state index in [-0.39, 0.29) is 11.8 Å². The van der Waals surface area contributed by atoms with Gasteiger partial charge in [0.1, 0.15) is 0 Å². The molecule has 9 heteroatoms. The number of aromatic nitrogens is 2. The number of hydrogen-bond donors (Lipinski definition) is 2. The summed E-state index contributed by atoms with van der Waals surface area (Å²) in [5.41, 5.74) is 8.33. The van der Waals surface area contributed by atoms with E-state index < -0.39 is 0 Å². The fourth-order valence-electron chi connectivity index (χ4n) is 3.83. The van der Waals surface area contributed by atoms with Gasteiger partial charge in [-0.2, -0.15) is 0 Å². The lowest BCUT2D eigenvalue weighted by Crippen LogP contribution is -2.11. The summed E-state index contributed by atoms with van der Waals surface area (Å²) in [5, 5.41) is 10.6. The fraction of sp³-hybridized carbons (Fsp3) is 0.143. The number of carbonyl (C=O) groups excluding carboxylic acids is 2. The third-order valence-corrected chi connectivity index (χ3v) is 8.44. The largest absolute Gasteiger partial charge is 0.297 e. The van der Waals surface area contributed by atoms with Crippen molar-refractivity contribution < 1.29 is 9.59 Å². The molecule has 0 bridgehead atoms. The van der Waals surface area contributed by atoms with Gasteiger partial charge in [-0.1, -0.05) is 35.4 Å². The highest BCUT2D eigenvalue weighted by Gasteiger charge is 2.17. The molecule has 2 N–H and O–H groups in total. The number of anilines is 2. The molecule has 0 saturated carbocycles. The van der Waals surface area contributed by atoms with Crippen LogP contribution in [-0.4, -0.2) is 21.8 Å². The summed E-state index contributed by atoms with van der Waals surface area (Å²) in [6.45, 7) is 8.17. The van der Waals surface area contributed by atoms with E-state index in [9.17, 15) is 9.59 Å². The number of nitrogens with one attached hydrogen (secondary N) is 2. The highest BCUT2D eigenvalue weighted by atomic mass is 32.1. The van der Waals surface area contributed by atoms with Gasteiger partial charge < -0.3 is 0 Å². The molecule has 5 aromatic rings. The van der Waals surface area contributed by atoms with E-state index >= 15 is 0 Å². The van der Waals surface area contributed by atoms with Gasteiger partial charge in [0, 0.05) is 21.9 Å². The molecule has 0 aliphatic heterocycles. The average Bonchev–Trinajstić information content (AvgIpc) is 3.63. The molecule has 5 rings (SSSR count). The van der Waals surface area contributed by atoms with Crippen molar-refractivity contribution in [1.82, 2.24) is 9.97 Å². The summed E-state index contributed by atoms with van der Waals surface area (Å²) in [6, 6.07) is 15.7. The molecule has 186 valence electrons. The molecule has 0 radical (unpaired) electrons. The zero-order chi connectivity index (χ0) is 26.1. The first kappa shape index (κ1) is 25.0. The Morgan fingerprint density at radius 1 is 0.649 bits per heavy atom. The van der Waals surface area contributed by atoms with E-state index in [1.165, 1.54) is 22.7 Å². The number of thiophene rings is 1. The van der Waals surface area contributed by atoms with Crippen molar-refractivity contribution in [2.75, 3.05) is 10.6 Å². The minimum Gasteiger partial charge on any atom is -0.297 e. The SMILES string of the molecule is Cc1ccc(C)c(-c2csc(NC(=O)c3ccc(C(=O)Nc4nc(-c5cc(C)ccc5C)cs4)s3)n2)c1. The lowest BCUT2D eigenvalue weighted by molar-refractivity contribution is 0.102. The summed E-state index contributed by atoms with van der Waals surface area (Å²) in [5.74, 6) is -0.588. The van der Waals surface area contributed by atoms with E-state index in [1.807, 2.05) is 38.5 Å². The van der Waals surface area contributed by atoms with E-state index in [0.717, 1.165) is 56.1 Å². The Bertz CT molecular complexity index is 1510. The number of rotatable bonds is 6. The molecule has 0 unspecified atom stereocenters. The van der Waals surface area contributed by atoms with Crippen LogP contribution < -0.4 is 10.6 Å². The molecule has 2 aromatic carbocycles. The Kier molecular flexibility index (Phi) is 7.01. The van der Waals surface area contributed by atoms with Gasteiger partial charge in [0.05, 0.1) is 21.1 Å². The fourth-order valence-corrected chi connectivity index (χ4v) is 6.04. The topological polar surface area (TPSA) is 84.0 Å². The molecule has 2 amide bonds. The predicted molar refractivity (Wildman–Crippen MR) is 154 cm³/mol. The molecule has 0 fully saturated rings. The van der Waals surface area contributed by atoms with Crippen LogP contribution in [0.4, 0.5) is 10.3 Å². The number of nitrogens with zero attached hydrogens (tertiary/aromatic N) is 2. The molecule has 0 aliphatic rings. The van der Waals surface area contributed by atoms with Crippen molar-refractivity contribution in [3.8, 4) is 22.5 Å². The first-order valence-electron chi connectivity index (χ1n) is 11.6. The van der Waals surface area contributed by atoms with Gasteiger partial charge in [0.2, 0.25) is 0 Å². The Morgan fingerprint density at radius 3 is 1.51 bits per heavy atom. The van der Waals surface area contributed by atoms with Crippen molar-refractivity contribution in [2.24, 2.45) is 0 Å². The van der Waals surface area contributed by atoms with Crippen LogP contribution in [0.1, 0.15) is 41.6 Å². The molecular formula is C28H24N4O2S3. The molecule has 37 heavy (non-hydrogen) atoms. The first-order valence-corrected chi connectivity index (χ1v) is 14.1. The number of carbonyl (C=O) groups is 2. The van der Waals surface area contributed by atoms with Gasteiger partial charge in [-0.15, -0.1) is 34.0 Å². The van der Waals surface area contributed by atoms with Crippen LogP contribution in [0.25, 0.3) is 22.5 Å². The van der Waals surface area contributed by atoms with Gasteiger partial charge in [-0.25, -0.2) is 9.97 Å². The van der Waals surface area contributed by atoms with Crippen LogP contribution in [0, 0.1) is 27.7 Å². The maximum atomic E-state index is 12.8. The van der Waals surface area contributed by atoms with Gasteiger partial charge >= 0.3 is 0 Å². The van der Waals surface area contributed by atoms with Crippen LogP contribution in [0.5, 0.6) is 0 Å². The van der Waals surface area contributed by atoms with Crippen LogP contribution in [-0.2, 0) is 0 Å². The second-order valence-corrected chi connectivity index (χ2v) is 11.6. The number of thiazole rings is 2. The summed E-state index contributed by atoms with van der Waals surface area (Å²) < 4.78 is 0. The molecule has 0 atom stereocenters. The van der Waals surface area contributed by atoms with E-state index in [1.54, 1.807) is 12.1 Å². The van der Waals surface area contributed by atoms with Crippen LogP contribution >= 0.6 is 34.0 Å². The molecule has 0 spiro atoms. The lowest BCUT2D eigenvalue weighted by atomic mass is 10.0. The smallest absolute Gasteiger partial charge is 0.267 e. The third kappa shape index (κ3) is 5.53. The van der Waals surface area contributed by atoms with E-state index in [4.69, 9.17) is 0 Å². The quantitative estimate of drug-likeness (QED) is 0.229. The number of hydrogen-bond acceptors (Lipinski definition) is 7. The Balaban J connectivity index is 1.24. The van der Waals surface area contributed by atoms with Crippen LogP contribution in [0.2, 0.25) is 0 Å². The average molecular weight is 545 g/mol. The molecule has 0 saturated heterocycles. The van der Waals surface area contributed by atoms with Gasteiger partial charge in [-0.05, 0) is 63.1 Å². The van der Waals surface area contributed by atoms with E-state index in [0.29, 0.717) is 20.0 Å². The highest BCUT2D eigenvalue weighted by Crippen LogP contribution is 2.30. The molecule has 3 aromatic heterocycles.